The van der Waals surface area contributed by atoms with Gasteiger partial charge in [-0.2, -0.15) is 0 Å². The van der Waals surface area contributed by atoms with Crippen LogP contribution in [0, 0.1) is 5.82 Å². The summed E-state index contributed by atoms with van der Waals surface area (Å²) in [6.45, 7) is 5.76. The fraction of sp³-hybridized carbons (Fsp3) is 0.500. The highest BCUT2D eigenvalue weighted by Crippen LogP contribution is 2.25. The first-order chi connectivity index (χ1) is 10.8. The summed E-state index contributed by atoms with van der Waals surface area (Å²) in [5, 5.41) is 2.93. The van der Waals surface area contributed by atoms with Crippen LogP contribution >= 0.6 is 23.5 Å². The van der Waals surface area contributed by atoms with E-state index < -0.39 is 6.04 Å². The average Bonchev–Trinajstić information content (AvgIpc) is 2.94. The van der Waals surface area contributed by atoms with E-state index in [1.807, 2.05) is 20.8 Å². The van der Waals surface area contributed by atoms with Gasteiger partial charge >= 0.3 is 0 Å². The van der Waals surface area contributed by atoms with Crippen LogP contribution in [0.4, 0.5) is 4.39 Å². The van der Waals surface area contributed by atoms with Crippen molar-refractivity contribution in [1.82, 2.24) is 10.2 Å². The summed E-state index contributed by atoms with van der Waals surface area (Å²) < 4.78 is 12.9. The number of carbonyl (C=O) groups is 2. The number of thioether (sulfide) groups is 2. The van der Waals surface area contributed by atoms with Crippen LogP contribution in [0.15, 0.2) is 29.2 Å². The van der Waals surface area contributed by atoms with Crippen molar-refractivity contribution in [3.8, 4) is 0 Å². The van der Waals surface area contributed by atoms with Gasteiger partial charge in [-0.1, -0.05) is 0 Å². The largest absolute Gasteiger partial charge is 0.350 e. The number of amides is 2. The lowest BCUT2D eigenvalue weighted by molar-refractivity contribution is -0.136. The Morgan fingerprint density at radius 2 is 2.00 bits per heavy atom. The number of nitrogens with zero attached hydrogens (tertiary/aromatic N) is 1. The van der Waals surface area contributed by atoms with Crippen molar-refractivity contribution >= 4 is 35.3 Å². The molecule has 1 N–H and O–H groups in total. The maximum atomic E-state index is 12.9. The van der Waals surface area contributed by atoms with Crippen molar-refractivity contribution in [3.63, 3.8) is 0 Å². The van der Waals surface area contributed by atoms with E-state index in [-0.39, 0.29) is 28.9 Å². The molecule has 1 saturated heterocycles. The van der Waals surface area contributed by atoms with Crippen molar-refractivity contribution in [1.29, 1.82) is 0 Å². The fourth-order valence-corrected chi connectivity index (χ4v) is 4.08. The van der Waals surface area contributed by atoms with Gasteiger partial charge in [0.05, 0.1) is 11.6 Å². The molecule has 1 aromatic carbocycles. The van der Waals surface area contributed by atoms with E-state index in [1.54, 1.807) is 28.8 Å². The summed E-state index contributed by atoms with van der Waals surface area (Å²) in [5.41, 5.74) is -0.318. The van der Waals surface area contributed by atoms with Crippen molar-refractivity contribution in [2.75, 3.05) is 17.4 Å². The molecule has 1 atom stereocenters. The van der Waals surface area contributed by atoms with Crippen LogP contribution in [0.3, 0.4) is 0 Å². The minimum Gasteiger partial charge on any atom is -0.350 e. The van der Waals surface area contributed by atoms with Gasteiger partial charge in [0.1, 0.15) is 11.9 Å². The third-order valence-corrected chi connectivity index (χ3v) is 5.19. The zero-order valence-corrected chi connectivity index (χ0v) is 15.1. The molecule has 7 heteroatoms. The molecule has 0 aromatic heterocycles. The molecule has 23 heavy (non-hydrogen) atoms. The number of carbonyl (C=O) groups excluding carboxylic acids is 2. The molecule has 1 aliphatic heterocycles. The van der Waals surface area contributed by atoms with E-state index in [2.05, 4.69) is 5.32 Å². The quantitative estimate of drug-likeness (QED) is 0.843. The molecule has 1 fully saturated rings. The molecule has 0 aliphatic carbocycles. The molecule has 0 radical (unpaired) electrons. The van der Waals surface area contributed by atoms with Gasteiger partial charge in [-0.3, -0.25) is 9.59 Å². The van der Waals surface area contributed by atoms with Crippen LogP contribution < -0.4 is 5.32 Å². The predicted molar refractivity (Wildman–Crippen MR) is 93.0 cm³/mol. The van der Waals surface area contributed by atoms with Crippen LogP contribution in [-0.2, 0) is 9.59 Å². The van der Waals surface area contributed by atoms with Crippen LogP contribution in [0.2, 0.25) is 0 Å². The fourth-order valence-electron chi connectivity index (χ4n) is 2.12. The van der Waals surface area contributed by atoms with Gasteiger partial charge in [-0.05, 0) is 45.0 Å². The minimum absolute atomic E-state index is 0.0709. The van der Waals surface area contributed by atoms with E-state index in [1.165, 1.54) is 23.9 Å². The molecule has 126 valence electrons. The zero-order chi connectivity index (χ0) is 17.0. The molecule has 2 amide bonds. The van der Waals surface area contributed by atoms with Gasteiger partial charge in [-0.25, -0.2) is 4.39 Å². The number of nitrogens with one attached hydrogen (secondary N) is 1. The monoisotopic (exact) mass is 356 g/mol. The number of rotatable bonds is 4. The lowest BCUT2D eigenvalue weighted by atomic mass is 10.1. The lowest BCUT2D eigenvalue weighted by Gasteiger charge is -2.27. The molecular formula is C16H21FN2O2S2. The number of hydrogen-bond donors (Lipinski definition) is 1. The molecule has 2 rings (SSSR count). The third kappa shape index (κ3) is 5.42. The third-order valence-electron chi connectivity index (χ3n) is 3.18. The normalized spacial score (nSPS) is 18.1. The summed E-state index contributed by atoms with van der Waals surface area (Å²) in [6, 6.07) is 5.63. The Kier molecular flexibility index (Phi) is 5.97. The number of hydrogen-bond acceptors (Lipinski definition) is 4. The smallest absolute Gasteiger partial charge is 0.244 e. The van der Waals surface area contributed by atoms with Crippen LogP contribution in [-0.4, -0.2) is 45.7 Å². The first kappa shape index (κ1) is 18.1. The van der Waals surface area contributed by atoms with E-state index in [9.17, 15) is 14.0 Å². The van der Waals surface area contributed by atoms with Crippen molar-refractivity contribution in [3.05, 3.63) is 30.1 Å². The average molecular weight is 356 g/mol. The Morgan fingerprint density at radius 1 is 1.35 bits per heavy atom. The Morgan fingerprint density at radius 3 is 2.61 bits per heavy atom. The van der Waals surface area contributed by atoms with Gasteiger partial charge in [0.15, 0.2) is 0 Å². The molecule has 1 unspecified atom stereocenters. The molecule has 1 aliphatic rings. The molecule has 0 spiro atoms. The van der Waals surface area contributed by atoms with E-state index >= 15 is 0 Å². The maximum Gasteiger partial charge on any atom is 0.244 e. The SMILES string of the molecule is CC(C)(C)NC(=O)C1CSCN1C(=O)CSc1ccc(F)cc1. The van der Waals surface area contributed by atoms with Crippen molar-refractivity contribution in [2.45, 2.75) is 37.2 Å². The van der Waals surface area contributed by atoms with Gasteiger partial charge in [0.25, 0.3) is 0 Å². The summed E-state index contributed by atoms with van der Waals surface area (Å²) in [7, 11) is 0. The molecule has 0 saturated carbocycles. The molecule has 1 heterocycles. The number of benzene rings is 1. The van der Waals surface area contributed by atoms with Gasteiger partial charge in [-0.15, -0.1) is 23.5 Å². The van der Waals surface area contributed by atoms with Gasteiger partial charge in [0, 0.05) is 16.2 Å². The molecule has 4 nitrogen and oxygen atoms in total. The number of halogens is 1. The Balaban J connectivity index is 1.92. The highest BCUT2D eigenvalue weighted by molar-refractivity contribution is 8.00. The summed E-state index contributed by atoms with van der Waals surface area (Å²) >= 11 is 2.93. The molecule has 1 aromatic rings. The standard InChI is InChI=1S/C16H21FN2O2S2/c1-16(2,3)18-15(21)13-8-22-10-19(13)14(20)9-23-12-6-4-11(17)5-7-12/h4-7,13H,8-10H2,1-3H3,(H,18,21). The molecular weight excluding hydrogens is 335 g/mol. The Labute approximate surface area is 144 Å². The zero-order valence-electron chi connectivity index (χ0n) is 13.5. The molecule has 0 bridgehead atoms. The second kappa shape index (κ2) is 7.57. The minimum atomic E-state index is -0.416. The van der Waals surface area contributed by atoms with Crippen LogP contribution in [0.1, 0.15) is 20.8 Å². The highest BCUT2D eigenvalue weighted by atomic mass is 32.2. The maximum absolute atomic E-state index is 12.9. The predicted octanol–water partition coefficient (Wildman–Crippen LogP) is 2.73. The van der Waals surface area contributed by atoms with E-state index in [4.69, 9.17) is 0 Å². The first-order valence-electron chi connectivity index (χ1n) is 7.34. The van der Waals surface area contributed by atoms with Crippen molar-refractivity contribution in [2.24, 2.45) is 0 Å². The topological polar surface area (TPSA) is 49.4 Å². The Bertz CT molecular complexity index is 572. The second-order valence-corrected chi connectivity index (χ2v) is 8.41. The van der Waals surface area contributed by atoms with E-state index in [0.717, 1.165) is 4.90 Å². The van der Waals surface area contributed by atoms with Crippen LogP contribution in [0.5, 0.6) is 0 Å². The summed E-state index contributed by atoms with van der Waals surface area (Å²) in [5.74, 6) is 0.919. The first-order valence-corrected chi connectivity index (χ1v) is 9.48. The van der Waals surface area contributed by atoms with Gasteiger partial charge < -0.3 is 10.2 Å². The van der Waals surface area contributed by atoms with E-state index in [0.29, 0.717) is 11.6 Å². The van der Waals surface area contributed by atoms with Crippen LogP contribution in [0.25, 0.3) is 0 Å². The van der Waals surface area contributed by atoms with Crippen molar-refractivity contribution < 1.29 is 14.0 Å². The lowest BCUT2D eigenvalue weighted by Crippen LogP contribution is -2.52. The second-order valence-electron chi connectivity index (χ2n) is 6.36. The summed E-state index contributed by atoms with van der Waals surface area (Å²) in [4.78, 5) is 27.2. The van der Waals surface area contributed by atoms with Gasteiger partial charge in [0.2, 0.25) is 11.8 Å². The summed E-state index contributed by atoms with van der Waals surface area (Å²) in [6.07, 6.45) is 0. The Hall–Kier alpha value is -1.21. The highest BCUT2D eigenvalue weighted by Gasteiger charge is 2.35.